The summed E-state index contributed by atoms with van der Waals surface area (Å²) in [5, 5.41) is 2.12. The summed E-state index contributed by atoms with van der Waals surface area (Å²) >= 11 is 3.55. The predicted molar refractivity (Wildman–Crippen MR) is 526 cm³/mol. The number of nitrogens with one attached hydrogen (secondary N) is 1. The Morgan fingerprint density at radius 1 is 0.478 bits per heavy atom. The Labute approximate surface area is 723 Å². The molecule has 3 aromatic rings. The van der Waals surface area contributed by atoms with Gasteiger partial charge in [-0.05, 0) is 264 Å². The van der Waals surface area contributed by atoms with Gasteiger partial charge in [-0.25, -0.2) is 0 Å². The van der Waals surface area contributed by atoms with E-state index in [9.17, 15) is 0 Å². The minimum atomic E-state index is 0.500. The second kappa shape index (κ2) is 70.7. The molecule has 4 heterocycles. The molecule has 3 aromatic heterocycles. The number of allylic oxidation sites excluding steroid dienone is 4. The minimum Gasteiger partial charge on any atom is -0.367 e. The van der Waals surface area contributed by atoms with E-state index in [0.29, 0.717) is 34.5 Å². The van der Waals surface area contributed by atoms with Gasteiger partial charge in [0.15, 0.2) is 0 Å². The van der Waals surface area contributed by atoms with Gasteiger partial charge in [0.2, 0.25) is 0 Å². The molecular weight excluding hydrogens is 1400 g/mol. The van der Waals surface area contributed by atoms with Gasteiger partial charge in [0.25, 0.3) is 0 Å². The molecule has 0 spiro atoms. The number of aromatic nitrogens is 2. The highest BCUT2D eigenvalue weighted by Gasteiger charge is 2.25. The van der Waals surface area contributed by atoms with Crippen LogP contribution in [0, 0.1) is 111 Å². The lowest BCUT2D eigenvalue weighted by Gasteiger charge is -2.28. The van der Waals surface area contributed by atoms with Crippen LogP contribution in [0.4, 0.5) is 0 Å². The van der Waals surface area contributed by atoms with Crippen molar-refractivity contribution in [1.29, 1.82) is 0 Å². The van der Waals surface area contributed by atoms with Crippen molar-refractivity contribution in [3.05, 3.63) is 86.3 Å². The monoisotopic (exact) mass is 1610 g/mol. The van der Waals surface area contributed by atoms with Gasteiger partial charge in [-0.3, -0.25) is 4.98 Å². The summed E-state index contributed by atoms with van der Waals surface area (Å²) in [6, 6.07) is 7.15. The summed E-state index contributed by atoms with van der Waals surface area (Å²) in [7, 11) is 0. The summed E-state index contributed by atoms with van der Waals surface area (Å²) in [4.78, 5) is 12.3. The smallest absolute Gasteiger partial charge is 0.0794 e. The number of hydrogen-bond acceptors (Lipinski definition) is 4. The van der Waals surface area contributed by atoms with Crippen LogP contribution in [-0.4, -0.2) is 34.0 Å². The van der Waals surface area contributed by atoms with Crippen molar-refractivity contribution in [3.63, 3.8) is 0 Å². The molecule has 0 aromatic carbocycles. The highest BCUT2D eigenvalue weighted by molar-refractivity contribution is 7.10. The molecule has 113 heavy (non-hydrogen) atoms. The molecule has 0 unspecified atom stereocenters. The molecule has 1 saturated heterocycles. The average molecular weight is 1620 g/mol. The fourth-order valence-corrected chi connectivity index (χ4v) is 16.0. The number of aromatic amines is 1. The van der Waals surface area contributed by atoms with Crippen LogP contribution in [0.25, 0.3) is 0 Å². The molecule has 7 fully saturated rings. The highest BCUT2D eigenvalue weighted by Crippen LogP contribution is 2.37. The second-order valence-corrected chi connectivity index (χ2v) is 45.5. The summed E-state index contributed by atoms with van der Waals surface area (Å²) in [6.07, 6.45) is 52.9. The van der Waals surface area contributed by atoms with Crippen molar-refractivity contribution < 1.29 is 0 Å². The fraction of sp³-hybridized carbons (Fsp3) is 0.861. The van der Waals surface area contributed by atoms with Gasteiger partial charge in [-0.15, -0.1) is 22.7 Å². The Morgan fingerprint density at radius 2 is 0.903 bits per heavy atom. The Bertz CT molecular complexity index is 2330. The molecule has 6 saturated carbocycles. The minimum absolute atomic E-state index is 0.500. The lowest BCUT2D eigenvalue weighted by molar-refractivity contribution is 0.235. The predicted octanol–water partition coefficient (Wildman–Crippen LogP) is 38.2. The van der Waals surface area contributed by atoms with E-state index in [1.54, 1.807) is 16.9 Å². The Morgan fingerprint density at radius 3 is 1.05 bits per heavy atom. The Hall–Kier alpha value is -1.95. The number of H-pyrrole nitrogens is 1. The van der Waals surface area contributed by atoms with Crippen molar-refractivity contribution in [2.45, 2.75) is 480 Å². The first-order valence-electron chi connectivity index (χ1n) is 48.7. The molecule has 0 radical (unpaired) electrons. The van der Waals surface area contributed by atoms with Crippen LogP contribution in [-0.2, 0) is 0 Å². The number of rotatable bonds is 18. The van der Waals surface area contributed by atoms with Gasteiger partial charge in [-0.2, -0.15) is 0 Å². The van der Waals surface area contributed by atoms with Gasteiger partial charge in [0.1, 0.15) is 0 Å². The van der Waals surface area contributed by atoms with E-state index < -0.39 is 0 Å². The molecule has 3 nitrogen and oxygen atoms in total. The van der Waals surface area contributed by atoms with Crippen molar-refractivity contribution in [1.82, 2.24) is 14.9 Å². The molecule has 0 amide bonds. The van der Waals surface area contributed by atoms with Crippen molar-refractivity contribution >= 4 is 22.7 Å². The summed E-state index contributed by atoms with van der Waals surface area (Å²) in [5.41, 5.74) is 7.36. The quantitative estimate of drug-likeness (QED) is 0.129. The zero-order chi connectivity index (χ0) is 87.4. The van der Waals surface area contributed by atoms with Crippen LogP contribution >= 0.6 is 22.7 Å². The SMILES string of the molecule is CC(C)=CC(C)C.CC(C)C(C)(C)C.CC(C)C1=CCCC1.CC(C)C1CC1.CC(C)C1CCC1.CC(C)C1CCCC1.CC(C)CC(C)(C)C.CC(C)CC1CC1.CC(C)CC1CCC1.CC(C)CC1CCCC1.CC(C)N1CCCC1.CC(C)c1cc[nH]c1.CC(C)c1cccs1.CC(C)c1cncs1.CCCC(C)C. The molecular formula is C108H211N3S2. The zero-order valence-corrected chi connectivity index (χ0v) is 86.2. The van der Waals surface area contributed by atoms with E-state index >= 15 is 0 Å². The molecule has 7 aliphatic carbocycles. The van der Waals surface area contributed by atoms with E-state index in [1.165, 1.54) is 220 Å². The first-order chi connectivity index (χ1) is 52.6. The number of thiazole rings is 1. The third-order valence-electron chi connectivity index (χ3n) is 23.2. The van der Waals surface area contributed by atoms with E-state index in [-0.39, 0.29) is 0 Å². The number of hydrogen-bond donors (Lipinski definition) is 1. The lowest BCUT2D eigenvalue weighted by Crippen LogP contribution is -2.26. The third kappa shape index (κ3) is 79.6. The van der Waals surface area contributed by atoms with Gasteiger partial charge >= 0.3 is 0 Å². The lowest BCUT2D eigenvalue weighted by atomic mass is 9.78. The average Bonchev–Trinajstić information content (AvgIpc) is 1.74. The normalized spacial score (nSPS) is 16.8. The van der Waals surface area contributed by atoms with Crippen LogP contribution in [0.2, 0.25) is 0 Å². The molecule has 0 atom stereocenters. The van der Waals surface area contributed by atoms with Gasteiger partial charge in [0.05, 0.1) is 5.51 Å². The van der Waals surface area contributed by atoms with Crippen LogP contribution in [0.1, 0.15) is 489 Å². The zero-order valence-electron chi connectivity index (χ0n) is 84.5. The molecule has 1 aliphatic heterocycles. The summed E-state index contributed by atoms with van der Waals surface area (Å²) in [5.74, 6) is 18.3. The molecule has 11 rings (SSSR count). The van der Waals surface area contributed by atoms with Gasteiger partial charge in [-0.1, -0.05) is 387 Å². The second-order valence-electron chi connectivity index (χ2n) is 43.6. The van der Waals surface area contributed by atoms with E-state index in [1.807, 2.05) is 35.4 Å². The van der Waals surface area contributed by atoms with E-state index in [2.05, 4.69) is 321 Å². The third-order valence-corrected chi connectivity index (χ3v) is 25.5. The largest absolute Gasteiger partial charge is 0.367 e. The Balaban J connectivity index is -0.000000564. The van der Waals surface area contributed by atoms with Crippen molar-refractivity contribution in [2.75, 3.05) is 13.1 Å². The first kappa shape index (κ1) is 117. The number of nitrogens with zero attached hydrogens (tertiary/aromatic N) is 2. The summed E-state index contributed by atoms with van der Waals surface area (Å²) in [6.45, 7) is 90.8. The standard InChI is InChI=1S/C9H18.2C8H16.C8H14.C8H18.C7H11N.C7H15N.C7H10S.2C7H14.C7H16.C7H14.C6H9NS.C6H12.C6H14/c1-8(2)7-9-5-3-4-6-9;1-7(2)6-8-4-3-5-8;2*1-7(2)8-5-3-4-6-8;1-7(2)6-8(3,4)5;1-6(2)7-3-4-8-5-7;1-7(2)8-5-3-4-6-8;1-6(2)7-4-3-5-8-7;1-6(2)5-7-3-4-7;1-6(2)7-4-3-5-7;1-6(2)7(3,4)5;1-6(2)5-7(3)4;1-5(2)6-3-7-4-8-6;1-5(2)6-3-4-6;1-4-5-6(2)3/h8-9H,3-7H2,1-2H3;2*7-8H,3-6H2,1-2H3;5,7H,3-4,6H2,1-2H3;7H,6H2,1-5H3;3-6,8H,1-2H3;7H,3-6H2,1-2H3;3-6H,1-2H3;2*6-7H,3-5H2,1-2H3;6H,1-5H3;5-6H,1-4H3;3-5H,1-2H3;5-6H,3-4H2,1-2H3;6H,4-5H2,1-3H3. The van der Waals surface area contributed by atoms with Crippen molar-refractivity contribution in [3.8, 4) is 0 Å². The molecule has 5 heteroatoms. The Kier molecular flexibility index (Phi) is 73.4. The fourth-order valence-electron chi connectivity index (χ4n) is 14.6. The molecule has 8 aliphatic rings. The van der Waals surface area contributed by atoms with Crippen molar-refractivity contribution in [2.24, 2.45) is 111 Å². The maximum atomic E-state index is 3.96. The molecule has 1 N–H and O–H groups in total. The van der Waals surface area contributed by atoms with Gasteiger partial charge in [0, 0.05) is 34.4 Å². The molecule has 670 valence electrons. The summed E-state index contributed by atoms with van der Waals surface area (Å²) < 4.78 is 0. The van der Waals surface area contributed by atoms with Crippen LogP contribution < -0.4 is 0 Å². The van der Waals surface area contributed by atoms with Crippen LogP contribution in [0.15, 0.2) is 71.0 Å². The van der Waals surface area contributed by atoms with E-state index in [0.717, 1.165) is 101 Å². The number of likely N-dealkylation sites (tertiary alicyclic amines) is 1. The first-order valence-corrected chi connectivity index (χ1v) is 50.4. The van der Waals surface area contributed by atoms with E-state index in [4.69, 9.17) is 0 Å². The maximum absolute atomic E-state index is 3.96. The highest BCUT2D eigenvalue weighted by atomic mass is 32.1. The number of thiophene rings is 1. The maximum Gasteiger partial charge on any atom is 0.0794 e. The van der Waals surface area contributed by atoms with Gasteiger partial charge < -0.3 is 9.88 Å². The molecule has 0 bridgehead atoms. The topological polar surface area (TPSA) is 31.9 Å². The van der Waals surface area contributed by atoms with Crippen LogP contribution in [0.5, 0.6) is 0 Å². The van der Waals surface area contributed by atoms with Crippen LogP contribution in [0.3, 0.4) is 0 Å².